The highest BCUT2D eigenvalue weighted by molar-refractivity contribution is 7.23. The van der Waals surface area contributed by atoms with Gasteiger partial charge in [-0.05, 0) is 42.9 Å². The number of fused-ring (bicyclic) bond motifs is 1. The lowest BCUT2D eigenvalue weighted by molar-refractivity contribution is -0.128. The van der Waals surface area contributed by atoms with Gasteiger partial charge in [-0.3, -0.25) is 4.79 Å². The number of carbonyl (C=O) groups is 1. The number of hydrogen-bond donors (Lipinski definition) is 1. The van der Waals surface area contributed by atoms with Gasteiger partial charge in [0.2, 0.25) is 5.91 Å². The molecule has 3 aromatic rings. The Morgan fingerprint density at radius 3 is 2.24 bits per heavy atom. The zero-order valence-electron chi connectivity index (χ0n) is 26.5. The van der Waals surface area contributed by atoms with Crippen molar-refractivity contribution in [3.8, 4) is 5.75 Å². The van der Waals surface area contributed by atoms with Gasteiger partial charge >= 0.3 is 0 Å². The minimum Gasteiger partial charge on any atom is -0.495 e. The molecule has 2 aromatic carbocycles. The SMILES string of the molecule is CCc1c(N)sc2c(OC)cccc12.COC.COC/C=C\CC/C(=C\COC)CN(CCc1ccccc1)C(C)=O. The molecule has 1 amide bonds. The Morgan fingerprint density at radius 1 is 0.952 bits per heavy atom. The Balaban J connectivity index is 0.000000432. The van der Waals surface area contributed by atoms with Gasteiger partial charge in [-0.25, -0.2) is 0 Å². The van der Waals surface area contributed by atoms with Gasteiger partial charge in [0.25, 0.3) is 0 Å². The maximum atomic E-state index is 12.0. The Morgan fingerprint density at radius 2 is 1.64 bits per heavy atom. The quantitative estimate of drug-likeness (QED) is 0.202. The molecule has 0 unspecified atom stereocenters. The number of allylic oxidation sites excluding steroid dienone is 1. The highest BCUT2D eigenvalue weighted by Gasteiger charge is 2.12. The van der Waals surface area contributed by atoms with Crippen molar-refractivity contribution in [3.63, 3.8) is 0 Å². The van der Waals surface area contributed by atoms with E-state index in [1.165, 1.54) is 22.1 Å². The molecule has 0 bridgehead atoms. The van der Waals surface area contributed by atoms with Crippen molar-refractivity contribution in [2.24, 2.45) is 0 Å². The van der Waals surface area contributed by atoms with Crippen LogP contribution < -0.4 is 10.5 Å². The summed E-state index contributed by atoms with van der Waals surface area (Å²) < 4.78 is 20.9. The number of carbonyl (C=O) groups excluding carboxylic acids is 1. The van der Waals surface area contributed by atoms with Crippen molar-refractivity contribution >= 4 is 32.3 Å². The molecule has 7 nitrogen and oxygen atoms in total. The van der Waals surface area contributed by atoms with Crippen molar-refractivity contribution in [2.45, 2.75) is 39.5 Å². The summed E-state index contributed by atoms with van der Waals surface area (Å²) in [4.78, 5) is 13.9. The molecule has 42 heavy (non-hydrogen) atoms. The van der Waals surface area contributed by atoms with Crippen LogP contribution in [0.1, 0.15) is 37.8 Å². The Labute approximate surface area is 256 Å². The number of thiophene rings is 1. The first-order chi connectivity index (χ1) is 20.4. The first-order valence-corrected chi connectivity index (χ1v) is 15.0. The number of amides is 1. The molecule has 3 rings (SSSR count). The lowest BCUT2D eigenvalue weighted by Gasteiger charge is -2.23. The highest BCUT2D eigenvalue weighted by atomic mass is 32.1. The molecule has 0 aliphatic carbocycles. The van der Waals surface area contributed by atoms with E-state index in [0.29, 0.717) is 19.8 Å². The van der Waals surface area contributed by atoms with Crippen LogP contribution in [0.3, 0.4) is 0 Å². The third kappa shape index (κ3) is 13.7. The molecule has 0 saturated carbocycles. The van der Waals surface area contributed by atoms with Crippen LogP contribution in [0.15, 0.2) is 72.3 Å². The monoisotopic (exact) mass is 598 g/mol. The maximum absolute atomic E-state index is 12.0. The number of nitrogens with zero attached hydrogens (tertiary/aromatic N) is 1. The molecule has 8 heteroatoms. The molecular formula is C34H50N2O5S. The van der Waals surface area contributed by atoms with Crippen LogP contribution in [0.25, 0.3) is 10.1 Å². The van der Waals surface area contributed by atoms with Gasteiger partial charge < -0.3 is 29.6 Å². The Kier molecular flexibility index (Phi) is 19.7. The fourth-order valence-electron chi connectivity index (χ4n) is 4.19. The lowest BCUT2D eigenvalue weighted by Crippen LogP contribution is -2.32. The summed E-state index contributed by atoms with van der Waals surface area (Å²) in [6, 6.07) is 16.3. The standard InChI is InChI=1S/C21H31NO3.C11H13NOS.C2H6O/c1-19(23)22(15-13-20-10-6-4-7-11-20)18-21(14-17-25-3)12-8-5-9-16-24-2;1-3-7-8-5-4-6-9(13-2)10(8)14-11(7)12;1-3-2/h4-7,9-11,14H,8,12-13,15-18H2,1-3H3;4-6H,3,12H2,1-2H3;1-2H3/b9-5-,21-14+;;. The van der Waals surface area contributed by atoms with Crippen molar-refractivity contribution < 1.29 is 23.7 Å². The second-order valence-electron chi connectivity index (χ2n) is 9.50. The molecular weight excluding hydrogens is 548 g/mol. The van der Waals surface area contributed by atoms with E-state index in [1.54, 1.807) is 53.8 Å². The number of rotatable bonds is 14. The van der Waals surface area contributed by atoms with Crippen LogP contribution in [0.2, 0.25) is 0 Å². The van der Waals surface area contributed by atoms with E-state index in [2.05, 4.69) is 42.0 Å². The van der Waals surface area contributed by atoms with E-state index >= 15 is 0 Å². The zero-order chi connectivity index (χ0) is 31.2. The minimum atomic E-state index is 0.106. The summed E-state index contributed by atoms with van der Waals surface area (Å²) in [6.07, 6.45) is 9.91. The third-order valence-electron chi connectivity index (χ3n) is 6.34. The van der Waals surface area contributed by atoms with E-state index in [1.807, 2.05) is 41.3 Å². The van der Waals surface area contributed by atoms with Crippen LogP contribution >= 0.6 is 11.3 Å². The van der Waals surface area contributed by atoms with Crippen LogP contribution in [0.4, 0.5) is 5.00 Å². The Hall–Kier alpha value is -3.17. The van der Waals surface area contributed by atoms with E-state index in [4.69, 9.17) is 19.9 Å². The van der Waals surface area contributed by atoms with E-state index < -0.39 is 0 Å². The number of nitrogens with two attached hydrogens (primary N) is 1. The largest absolute Gasteiger partial charge is 0.495 e. The van der Waals surface area contributed by atoms with Crippen LogP contribution in [0.5, 0.6) is 5.75 Å². The predicted molar refractivity (Wildman–Crippen MR) is 178 cm³/mol. The molecule has 0 spiro atoms. The van der Waals surface area contributed by atoms with Gasteiger partial charge in [0.1, 0.15) is 5.75 Å². The number of nitrogen functional groups attached to an aromatic ring is 1. The fourth-order valence-corrected chi connectivity index (χ4v) is 5.34. The summed E-state index contributed by atoms with van der Waals surface area (Å²) >= 11 is 1.61. The average molecular weight is 599 g/mol. The summed E-state index contributed by atoms with van der Waals surface area (Å²) in [6.45, 7) is 6.34. The molecule has 0 atom stereocenters. The van der Waals surface area contributed by atoms with E-state index in [-0.39, 0.29) is 5.91 Å². The van der Waals surface area contributed by atoms with Crippen molar-refractivity contribution in [2.75, 3.05) is 67.6 Å². The third-order valence-corrected chi connectivity index (χ3v) is 7.43. The Bertz CT molecular complexity index is 1210. The molecule has 0 aliphatic rings. The van der Waals surface area contributed by atoms with Gasteiger partial charge in [-0.15, -0.1) is 11.3 Å². The predicted octanol–water partition coefficient (Wildman–Crippen LogP) is 6.95. The number of hydrogen-bond acceptors (Lipinski definition) is 7. The molecule has 0 saturated heterocycles. The smallest absolute Gasteiger partial charge is 0.219 e. The molecule has 0 aliphatic heterocycles. The minimum absolute atomic E-state index is 0.106. The fraction of sp³-hybridized carbons (Fsp3) is 0.441. The summed E-state index contributed by atoms with van der Waals surface area (Å²) in [5, 5.41) is 2.14. The van der Waals surface area contributed by atoms with Crippen LogP contribution in [0, 0.1) is 0 Å². The van der Waals surface area contributed by atoms with E-state index in [0.717, 1.165) is 47.7 Å². The van der Waals surface area contributed by atoms with Gasteiger partial charge in [0, 0.05) is 53.8 Å². The second-order valence-corrected chi connectivity index (χ2v) is 10.6. The number of methoxy groups -OCH3 is 4. The summed E-state index contributed by atoms with van der Waals surface area (Å²) in [5.41, 5.74) is 9.67. The first kappa shape index (κ1) is 36.9. The second kappa shape index (κ2) is 22.4. The number of ether oxygens (including phenoxy) is 4. The molecule has 0 radical (unpaired) electrons. The normalized spacial score (nSPS) is 11.1. The topological polar surface area (TPSA) is 83.2 Å². The van der Waals surface area contributed by atoms with Gasteiger partial charge in [-0.2, -0.15) is 0 Å². The summed E-state index contributed by atoms with van der Waals surface area (Å²) in [5.74, 6) is 1.02. The maximum Gasteiger partial charge on any atom is 0.219 e. The van der Waals surface area contributed by atoms with Gasteiger partial charge in [0.15, 0.2) is 0 Å². The zero-order valence-corrected chi connectivity index (χ0v) is 27.3. The van der Waals surface area contributed by atoms with Crippen LogP contribution in [-0.4, -0.2) is 72.7 Å². The number of benzene rings is 2. The van der Waals surface area contributed by atoms with Crippen molar-refractivity contribution in [1.82, 2.24) is 4.90 Å². The molecule has 2 N–H and O–H groups in total. The average Bonchev–Trinajstić information content (AvgIpc) is 3.33. The lowest BCUT2D eigenvalue weighted by atomic mass is 10.1. The number of aryl methyl sites for hydroxylation is 1. The molecule has 232 valence electrons. The van der Waals surface area contributed by atoms with Gasteiger partial charge in [0.05, 0.1) is 30.0 Å². The van der Waals surface area contributed by atoms with Crippen LogP contribution in [-0.2, 0) is 31.8 Å². The first-order valence-electron chi connectivity index (χ1n) is 14.2. The molecule has 1 heterocycles. The molecule has 0 fully saturated rings. The van der Waals surface area contributed by atoms with Gasteiger partial charge in [-0.1, -0.05) is 73.2 Å². The number of anilines is 1. The van der Waals surface area contributed by atoms with E-state index in [9.17, 15) is 4.79 Å². The summed E-state index contributed by atoms with van der Waals surface area (Å²) in [7, 11) is 8.31. The van der Waals surface area contributed by atoms with Crippen molar-refractivity contribution in [1.29, 1.82) is 0 Å². The highest BCUT2D eigenvalue weighted by Crippen LogP contribution is 2.39. The molecule has 1 aromatic heterocycles. The van der Waals surface area contributed by atoms with Crippen molar-refractivity contribution in [3.05, 3.63) is 83.5 Å².